The van der Waals surface area contributed by atoms with Crippen molar-refractivity contribution >= 4 is 17.9 Å². The Kier molecular flexibility index (Phi) is 43.0. The van der Waals surface area contributed by atoms with Crippen LogP contribution in [0.15, 0.2) is 72.9 Å². The van der Waals surface area contributed by atoms with Crippen LogP contribution in [0.3, 0.4) is 0 Å². The van der Waals surface area contributed by atoms with Gasteiger partial charge in [-0.15, -0.1) is 0 Å². The van der Waals surface area contributed by atoms with Crippen molar-refractivity contribution in [3.63, 3.8) is 0 Å². The van der Waals surface area contributed by atoms with Gasteiger partial charge in [-0.05, 0) is 57.8 Å². The maximum Gasteiger partial charge on any atom is 0.306 e. The van der Waals surface area contributed by atoms with E-state index in [1.165, 1.54) is 89.9 Å². The molecule has 1 unspecified atom stereocenters. The molecule has 0 saturated carbocycles. The molecule has 6 heteroatoms. The summed E-state index contributed by atoms with van der Waals surface area (Å²) in [5.41, 5.74) is 0. The summed E-state index contributed by atoms with van der Waals surface area (Å²) in [7, 11) is 0. The van der Waals surface area contributed by atoms with Gasteiger partial charge < -0.3 is 14.2 Å². The van der Waals surface area contributed by atoms with Gasteiger partial charge in [-0.3, -0.25) is 14.4 Å². The number of unbranched alkanes of at least 4 members (excludes halogenated alkanes) is 22. The van der Waals surface area contributed by atoms with Crippen LogP contribution < -0.4 is 0 Å². The first-order valence-electron chi connectivity index (χ1n) is 23.5. The Morgan fingerprint density at radius 2 is 0.684 bits per heavy atom. The Bertz CT molecular complexity index is 1100. The number of ether oxygens (including phenoxy) is 3. The lowest BCUT2D eigenvalue weighted by atomic mass is 10.1. The van der Waals surface area contributed by atoms with Gasteiger partial charge in [-0.25, -0.2) is 0 Å². The Morgan fingerprint density at radius 3 is 1.05 bits per heavy atom. The molecular weight excluding hydrogens is 709 g/mol. The zero-order valence-corrected chi connectivity index (χ0v) is 37.1. The number of carbonyl (C=O) groups is 3. The third kappa shape index (κ3) is 43.8. The molecule has 0 heterocycles. The summed E-state index contributed by atoms with van der Waals surface area (Å²) in [6.45, 7) is 6.33. The molecule has 0 amide bonds. The number of carbonyl (C=O) groups excluding carboxylic acids is 3. The minimum atomic E-state index is -0.783. The highest BCUT2D eigenvalue weighted by molar-refractivity contribution is 5.71. The van der Waals surface area contributed by atoms with Crippen LogP contribution in [0.2, 0.25) is 0 Å². The van der Waals surface area contributed by atoms with Gasteiger partial charge in [0.15, 0.2) is 6.10 Å². The fourth-order valence-corrected chi connectivity index (χ4v) is 6.32. The highest BCUT2D eigenvalue weighted by atomic mass is 16.6. The summed E-state index contributed by atoms with van der Waals surface area (Å²) in [5.74, 6) is -0.914. The van der Waals surface area contributed by atoms with E-state index in [9.17, 15) is 14.4 Å². The van der Waals surface area contributed by atoms with Crippen LogP contribution in [0.1, 0.15) is 213 Å². The van der Waals surface area contributed by atoms with Gasteiger partial charge in [0, 0.05) is 19.3 Å². The molecular formula is C51H86O6. The molecule has 0 aliphatic carbocycles. The van der Waals surface area contributed by atoms with E-state index in [1.807, 2.05) is 0 Å². The molecule has 0 bridgehead atoms. The van der Waals surface area contributed by atoms with Crippen molar-refractivity contribution in [3.05, 3.63) is 72.9 Å². The molecule has 0 aliphatic heterocycles. The smallest absolute Gasteiger partial charge is 0.306 e. The molecule has 0 fully saturated rings. The summed E-state index contributed by atoms with van der Waals surface area (Å²) >= 11 is 0. The van der Waals surface area contributed by atoms with Gasteiger partial charge in [-0.1, -0.05) is 209 Å². The summed E-state index contributed by atoms with van der Waals surface area (Å²) in [4.78, 5) is 37.8. The van der Waals surface area contributed by atoms with E-state index in [0.29, 0.717) is 19.3 Å². The predicted octanol–water partition coefficient (Wildman–Crippen LogP) is 15.1. The fraction of sp³-hybridized carbons (Fsp3) is 0.706. The quantitative estimate of drug-likeness (QED) is 0.0265. The van der Waals surface area contributed by atoms with Crippen molar-refractivity contribution in [3.8, 4) is 0 Å². The number of rotatable bonds is 41. The number of hydrogen-bond donors (Lipinski definition) is 0. The Balaban J connectivity index is 4.39. The first-order valence-corrected chi connectivity index (χ1v) is 23.5. The molecule has 57 heavy (non-hydrogen) atoms. The highest BCUT2D eigenvalue weighted by Gasteiger charge is 2.19. The largest absolute Gasteiger partial charge is 0.462 e. The van der Waals surface area contributed by atoms with Crippen molar-refractivity contribution in [2.45, 2.75) is 219 Å². The summed E-state index contributed by atoms with van der Waals surface area (Å²) in [6, 6.07) is 0. The van der Waals surface area contributed by atoms with Crippen molar-refractivity contribution in [1.82, 2.24) is 0 Å². The Morgan fingerprint density at radius 1 is 0.368 bits per heavy atom. The molecule has 0 N–H and O–H groups in total. The minimum absolute atomic E-state index is 0.0839. The van der Waals surface area contributed by atoms with Crippen molar-refractivity contribution in [1.29, 1.82) is 0 Å². The maximum absolute atomic E-state index is 12.7. The molecule has 0 radical (unpaired) electrons. The SMILES string of the molecule is CC\C=C/C=C\C=C/CCCCCCCCCC(=O)OCC(COC(=O)CCCCCCCCCCC)OC(=O)CCCCCCCCC\C=C/C=C\C=C/CC. The van der Waals surface area contributed by atoms with Gasteiger partial charge in [-0.2, -0.15) is 0 Å². The zero-order chi connectivity index (χ0) is 41.5. The van der Waals surface area contributed by atoms with Gasteiger partial charge >= 0.3 is 17.9 Å². The highest BCUT2D eigenvalue weighted by Crippen LogP contribution is 2.14. The van der Waals surface area contributed by atoms with Gasteiger partial charge in [0.05, 0.1) is 0 Å². The van der Waals surface area contributed by atoms with Crippen LogP contribution in [0.4, 0.5) is 0 Å². The van der Waals surface area contributed by atoms with E-state index < -0.39 is 6.10 Å². The number of allylic oxidation sites excluding steroid dienone is 12. The van der Waals surface area contributed by atoms with Crippen LogP contribution in [0, 0.1) is 0 Å². The average Bonchev–Trinajstić information content (AvgIpc) is 3.21. The third-order valence-electron chi connectivity index (χ3n) is 9.83. The first-order chi connectivity index (χ1) is 28.0. The predicted molar refractivity (Wildman–Crippen MR) is 242 cm³/mol. The zero-order valence-electron chi connectivity index (χ0n) is 37.1. The lowest BCUT2D eigenvalue weighted by Crippen LogP contribution is -2.30. The van der Waals surface area contributed by atoms with Crippen molar-refractivity contribution < 1.29 is 28.6 Å². The molecule has 1 atom stereocenters. The molecule has 0 aliphatic rings. The molecule has 0 aromatic carbocycles. The van der Waals surface area contributed by atoms with Gasteiger partial charge in [0.2, 0.25) is 0 Å². The van der Waals surface area contributed by atoms with Crippen LogP contribution >= 0.6 is 0 Å². The fourth-order valence-electron chi connectivity index (χ4n) is 6.32. The van der Waals surface area contributed by atoms with Crippen LogP contribution in [-0.4, -0.2) is 37.2 Å². The van der Waals surface area contributed by atoms with E-state index in [0.717, 1.165) is 83.5 Å². The normalized spacial score (nSPS) is 12.7. The monoisotopic (exact) mass is 795 g/mol. The van der Waals surface area contributed by atoms with E-state index in [2.05, 4.69) is 93.7 Å². The van der Waals surface area contributed by atoms with Crippen LogP contribution in [0.5, 0.6) is 0 Å². The molecule has 0 aromatic heterocycles. The van der Waals surface area contributed by atoms with Crippen molar-refractivity contribution in [2.75, 3.05) is 13.2 Å². The topological polar surface area (TPSA) is 78.9 Å². The second kappa shape index (κ2) is 45.6. The van der Waals surface area contributed by atoms with E-state index in [4.69, 9.17) is 14.2 Å². The molecule has 0 spiro atoms. The summed E-state index contributed by atoms with van der Waals surface area (Å²) in [5, 5.41) is 0. The third-order valence-corrected chi connectivity index (χ3v) is 9.83. The Labute approximate surface area is 351 Å². The van der Waals surface area contributed by atoms with Crippen LogP contribution in [0.25, 0.3) is 0 Å². The van der Waals surface area contributed by atoms with E-state index in [1.54, 1.807) is 0 Å². The van der Waals surface area contributed by atoms with Gasteiger partial charge in [0.25, 0.3) is 0 Å². The second-order valence-corrected chi connectivity index (χ2v) is 15.4. The van der Waals surface area contributed by atoms with Crippen LogP contribution in [-0.2, 0) is 28.6 Å². The molecule has 0 rings (SSSR count). The number of esters is 3. The van der Waals surface area contributed by atoms with E-state index in [-0.39, 0.29) is 31.1 Å². The molecule has 6 nitrogen and oxygen atoms in total. The summed E-state index contributed by atoms with van der Waals surface area (Å²) < 4.78 is 16.7. The molecule has 0 aromatic rings. The first kappa shape index (κ1) is 53.9. The number of hydrogen-bond acceptors (Lipinski definition) is 6. The lowest BCUT2D eigenvalue weighted by molar-refractivity contribution is -0.167. The Hall–Kier alpha value is -3.15. The van der Waals surface area contributed by atoms with Crippen molar-refractivity contribution in [2.24, 2.45) is 0 Å². The summed E-state index contributed by atoms with van der Waals surface area (Å²) in [6.07, 6.45) is 56.0. The minimum Gasteiger partial charge on any atom is -0.462 e. The molecule has 0 saturated heterocycles. The maximum atomic E-state index is 12.7. The van der Waals surface area contributed by atoms with E-state index >= 15 is 0 Å². The average molecular weight is 795 g/mol. The van der Waals surface area contributed by atoms with Gasteiger partial charge in [0.1, 0.15) is 13.2 Å². The second-order valence-electron chi connectivity index (χ2n) is 15.4. The molecule has 326 valence electrons. The standard InChI is InChI=1S/C51H86O6/c1-4-7-10-13-16-19-21-23-25-27-29-32-35-38-41-44-50(53)56-47-48(46-55-49(52)43-40-37-34-31-18-15-12-9-6-3)57-51(54)45-42-39-36-33-30-28-26-24-22-20-17-14-11-8-5-2/h7-8,10-11,13-14,16-17,19-22,48H,4-6,9,12,15,18,23-47H2,1-3H3/b10-7-,11-8-,16-13-,17-14-,21-19-,22-20-. The lowest BCUT2D eigenvalue weighted by Gasteiger charge is -2.18.